The number of rotatable bonds is 2. The predicted octanol–water partition coefficient (Wildman–Crippen LogP) is 5.20. The van der Waals surface area contributed by atoms with Gasteiger partial charge in [-0.15, -0.1) is 0 Å². The van der Waals surface area contributed by atoms with Gasteiger partial charge < -0.3 is 4.90 Å². The molecule has 170 valence electrons. The molecule has 0 bridgehead atoms. The van der Waals surface area contributed by atoms with Crippen LogP contribution in [0.1, 0.15) is 67.0 Å². The smallest absolute Gasteiger partial charge is 0.338 e. The third-order valence-electron chi connectivity index (χ3n) is 5.70. The molecular weight excluding hydrogens is 424 g/mol. The van der Waals surface area contributed by atoms with Crippen LogP contribution in [0.25, 0.3) is 5.65 Å². The van der Waals surface area contributed by atoms with Crippen LogP contribution in [0.4, 0.5) is 17.6 Å². The highest BCUT2D eigenvalue weighted by atomic mass is 19.4. The second-order valence-corrected chi connectivity index (χ2v) is 9.21. The van der Waals surface area contributed by atoms with Crippen LogP contribution < -0.4 is 0 Å². The maximum absolute atomic E-state index is 13.8. The standard InChI is InChI=1S/C23H24F4N4O/c1-22(2,3)18-12-20-28-17(11-19(23(25,26)27)31(20)29-18)15-7-5-9-30(13-15)21(32)14-6-4-8-16(24)10-14/h4,6,8,10-12,15H,5,7,9,13H2,1-3H3/t15-/m1/s1. The van der Waals surface area contributed by atoms with E-state index in [4.69, 9.17) is 0 Å². The lowest BCUT2D eigenvalue weighted by Gasteiger charge is -2.32. The number of likely N-dealkylation sites (tertiary alicyclic amines) is 1. The maximum Gasteiger partial charge on any atom is 0.433 e. The van der Waals surface area contributed by atoms with E-state index in [0.29, 0.717) is 25.1 Å². The Bertz CT molecular complexity index is 1160. The Morgan fingerprint density at radius 3 is 2.53 bits per heavy atom. The molecule has 1 fully saturated rings. The number of aromatic nitrogens is 3. The number of benzene rings is 1. The van der Waals surface area contributed by atoms with Gasteiger partial charge in [0.05, 0.1) is 5.69 Å². The van der Waals surface area contributed by atoms with Crippen LogP contribution >= 0.6 is 0 Å². The molecule has 1 aromatic carbocycles. The summed E-state index contributed by atoms with van der Waals surface area (Å²) in [6, 6.07) is 8.02. The Balaban J connectivity index is 1.70. The second-order valence-electron chi connectivity index (χ2n) is 9.21. The summed E-state index contributed by atoms with van der Waals surface area (Å²) >= 11 is 0. The Morgan fingerprint density at radius 1 is 1.12 bits per heavy atom. The van der Waals surface area contributed by atoms with Gasteiger partial charge in [0.15, 0.2) is 5.65 Å². The largest absolute Gasteiger partial charge is 0.433 e. The van der Waals surface area contributed by atoms with Gasteiger partial charge in [-0.3, -0.25) is 4.79 Å². The van der Waals surface area contributed by atoms with Crippen molar-refractivity contribution in [2.24, 2.45) is 0 Å². The quantitative estimate of drug-likeness (QED) is 0.506. The topological polar surface area (TPSA) is 50.5 Å². The highest BCUT2D eigenvalue weighted by Gasteiger charge is 2.37. The zero-order valence-electron chi connectivity index (χ0n) is 18.1. The van der Waals surface area contributed by atoms with Crippen molar-refractivity contribution in [3.63, 3.8) is 0 Å². The highest BCUT2D eigenvalue weighted by Crippen LogP contribution is 2.35. The zero-order valence-corrected chi connectivity index (χ0v) is 18.1. The summed E-state index contributed by atoms with van der Waals surface area (Å²) < 4.78 is 55.9. The van der Waals surface area contributed by atoms with Gasteiger partial charge in [-0.2, -0.15) is 18.3 Å². The monoisotopic (exact) mass is 448 g/mol. The Hall–Kier alpha value is -2.97. The van der Waals surface area contributed by atoms with E-state index in [9.17, 15) is 22.4 Å². The van der Waals surface area contributed by atoms with Gasteiger partial charge >= 0.3 is 6.18 Å². The van der Waals surface area contributed by atoms with Crippen molar-refractivity contribution in [2.45, 2.75) is 51.1 Å². The molecule has 1 atom stereocenters. The van der Waals surface area contributed by atoms with E-state index < -0.39 is 23.1 Å². The van der Waals surface area contributed by atoms with E-state index in [1.165, 1.54) is 18.2 Å². The van der Waals surface area contributed by atoms with Gasteiger partial charge in [-0.25, -0.2) is 13.9 Å². The number of nitrogens with zero attached hydrogens (tertiary/aromatic N) is 4. The highest BCUT2D eigenvalue weighted by molar-refractivity contribution is 5.94. The summed E-state index contributed by atoms with van der Waals surface area (Å²) in [4.78, 5) is 18.9. The van der Waals surface area contributed by atoms with Crippen LogP contribution in [-0.2, 0) is 11.6 Å². The summed E-state index contributed by atoms with van der Waals surface area (Å²) in [5.74, 6) is -1.22. The summed E-state index contributed by atoms with van der Waals surface area (Å²) in [5, 5.41) is 4.16. The van der Waals surface area contributed by atoms with Gasteiger partial charge in [0.25, 0.3) is 5.91 Å². The van der Waals surface area contributed by atoms with E-state index in [1.807, 2.05) is 20.8 Å². The number of alkyl halides is 3. The number of piperidine rings is 1. The molecule has 1 aliphatic rings. The molecule has 4 rings (SSSR count). The summed E-state index contributed by atoms with van der Waals surface area (Å²) in [6.07, 6.45) is -3.39. The molecule has 5 nitrogen and oxygen atoms in total. The molecule has 1 amide bonds. The molecule has 0 spiro atoms. The van der Waals surface area contributed by atoms with Gasteiger partial charge in [0.2, 0.25) is 0 Å². The number of hydrogen-bond donors (Lipinski definition) is 0. The number of fused-ring (bicyclic) bond motifs is 1. The summed E-state index contributed by atoms with van der Waals surface area (Å²) in [6.45, 7) is 6.30. The second kappa shape index (κ2) is 7.86. The molecule has 1 aliphatic heterocycles. The minimum absolute atomic E-state index is 0.133. The number of hydrogen-bond acceptors (Lipinski definition) is 3. The minimum Gasteiger partial charge on any atom is -0.338 e. The lowest BCUT2D eigenvalue weighted by Crippen LogP contribution is -2.39. The number of halogens is 4. The van der Waals surface area contributed by atoms with Gasteiger partial charge in [0, 0.05) is 41.7 Å². The fraction of sp³-hybridized carbons (Fsp3) is 0.435. The molecule has 3 aromatic rings. The maximum atomic E-state index is 13.8. The molecule has 2 aromatic heterocycles. The molecular formula is C23H24F4N4O. The van der Waals surface area contributed by atoms with Gasteiger partial charge in [-0.05, 0) is 37.1 Å². The molecule has 9 heteroatoms. The Labute approximate surface area is 183 Å². The van der Waals surface area contributed by atoms with Crippen molar-refractivity contribution >= 4 is 11.6 Å². The SMILES string of the molecule is CC(C)(C)c1cc2nc([C@@H]3CCCN(C(=O)c4cccc(F)c4)C3)cc(C(F)(F)F)n2n1. The summed E-state index contributed by atoms with van der Waals surface area (Å²) in [5.41, 5.74) is -0.179. The average molecular weight is 448 g/mol. The molecule has 0 radical (unpaired) electrons. The number of amides is 1. The molecule has 1 saturated heterocycles. The van der Waals surface area contributed by atoms with Crippen molar-refractivity contribution in [1.29, 1.82) is 0 Å². The van der Waals surface area contributed by atoms with E-state index in [0.717, 1.165) is 16.6 Å². The van der Waals surface area contributed by atoms with Crippen LogP contribution in [0, 0.1) is 5.82 Å². The molecule has 32 heavy (non-hydrogen) atoms. The van der Waals surface area contributed by atoms with Crippen LogP contribution in [0.2, 0.25) is 0 Å². The van der Waals surface area contributed by atoms with E-state index >= 15 is 0 Å². The fourth-order valence-electron chi connectivity index (χ4n) is 3.98. The lowest BCUT2D eigenvalue weighted by molar-refractivity contribution is -0.142. The van der Waals surface area contributed by atoms with Gasteiger partial charge in [-0.1, -0.05) is 26.8 Å². The van der Waals surface area contributed by atoms with Gasteiger partial charge in [0.1, 0.15) is 11.5 Å². The van der Waals surface area contributed by atoms with E-state index in [2.05, 4.69) is 10.1 Å². The van der Waals surface area contributed by atoms with Crippen LogP contribution in [0.15, 0.2) is 36.4 Å². The van der Waals surface area contributed by atoms with Crippen molar-refractivity contribution in [3.05, 3.63) is 64.9 Å². The molecule has 0 unspecified atom stereocenters. The van der Waals surface area contributed by atoms with Crippen LogP contribution in [0.5, 0.6) is 0 Å². The van der Waals surface area contributed by atoms with Crippen molar-refractivity contribution in [2.75, 3.05) is 13.1 Å². The normalized spacial score (nSPS) is 17.7. The molecule has 0 N–H and O–H groups in total. The first kappa shape index (κ1) is 22.2. The van der Waals surface area contributed by atoms with E-state index in [1.54, 1.807) is 11.0 Å². The van der Waals surface area contributed by atoms with Crippen molar-refractivity contribution < 1.29 is 22.4 Å². The van der Waals surface area contributed by atoms with Crippen LogP contribution in [-0.4, -0.2) is 38.5 Å². The first-order valence-electron chi connectivity index (χ1n) is 10.5. The Morgan fingerprint density at radius 2 is 1.88 bits per heavy atom. The minimum atomic E-state index is -4.61. The van der Waals surface area contributed by atoms with Crippen LogP contribution in [0.3, 0.4) is 0 Å². The summed E-state index contributed by atoms with van der Waals surface area (Å²) in [7, 11) is 0. The van der Waals surface area contributed by atoms with Crippen molar-refractivity contribution in [1.82, 2.24) is 19.5 Å². The number of carbonyl (C=O) groups is 1. The zero-order chi connectivity index (χ0) is 23.3. The lowest BCUT2D eigenvalue weighted by atomic mass is 9.92. The third kappa shape index (κ3) is 4.33. The van der Waals surface area contributed by atoms with Crippen molar-refractivity contribution in [3.8, 4) is 0 Å². The van der Waals surface area contributed by atoms with E-state index in [-0.39, 0.29) is 35.3 Å². The Kier molecular flexibility index (Phi) is 5.46. The average Bonchev–Trinajstić information content (AvgIpc) is 3.16. The molecule has 0 aliphatic carbocycles. The fourth-order valence-corrected chi connectivity index (χ4v) is 3.98. The molecule has 0 saturated carbocycles. The molecule has 3 heterocycles. The predicted molar refractivity (Wildman–Crippen MR) is 111 cm³/mol. The first-order chi connectivity index (χ1) is 14.9. The first-order valence-corrected chi connectivity index (χ1v) is 10.5. The number of carbonyl (C=O) groups excluding carboxylic acids is 1. The third-order valence-corrected chi connectivity index (χ3v) is 5.70.